The molecule has 3 rings (SSSR count). The summed E-state index contributed by atoms with van der Waals surface area (Å²) >= 11 is 0. The zero-order valence-corrected chi connectivity index (χ0v) is 15.0. The molecule has 0 aliphatic carbocycles. The van der Waals surface area contributed by atoms with Gasteiger partial charge in [-0.05, 0) is 23.8 Å². The van der Waals surface area contributed by atoms with Crippen LogP contribution in [0, 0.1) is 0 Å². The van der Waals surface area contributed by atoms with Gasteiger partial charge in [0, 0.05) is 5.56 Å². The molecule has 0 atom stereocenters. The van der Waals surface area contributed by atoms with Crippen LogP contribution in [0.2, 0.25) is 0 Å². The van der Waals surface area contributed by atoms with Crippen LogP contribution in [-0.2, 0) is 11.2 Å². The number of carbonyl (C=O) groups excluding carboxylic acids is 1. The number of H-pyrrole nitrogens is 1. The number of hydrogen-bond acceptors (Lipinski definition) is 6. The highest BCUT2D eigenvalue weighted by Crippen LogP contribution is 2.26. The predicted molar refractivity (Wildman–Crippen MR) is 101 cm³/mol. The lowest BCUT2D eigenvalue weighted by Crippen LogP contribution is -2.20. The van der Waals surface area contributed by atoms with Gasteiger partial charge in [0.15, 0.2) is 17.3 Å². The molecular formula is C19H19N5O3. The van der Waals surface area contributed by atoms with Gasteiger partial charge >= 0.3 is 0 Å². The Morgan fingerprint density at radius 3 is 2.67 bits per heavy atom. The van der Waals surface area contributed by atoms with Gasteiger partial charge in [0.1, 0.15) is 5.82 Å². The Morgan fingerprint density at radius 2 is 1.93 bits per heavy atom. The Bertz CT molecular complexity index is 938. The summed E-state index contributed by atoms with van der Waals surface area (Å²) in [4.78, 5) is 16.3. The zero-order valence-electron chi connectivity index (χ0n) is 15.0. The fraction of sp³-hybridized carbons (Fsp3) is 0.158. The van der Waals surface area contributed by atoms with E-state index in [1.165, 1.54) is 6.21 Å². The van der Waals surface area contributed by atoms with Crippen LogP contribution in [0.25, 0.3) is 11.4 Å². The summed E-state index contributed by atoms with van der Waals surface area (Å²) in [7, 11) is 3.13. The number of carbonyl (C=O) groups is 1. The first-order valence-corrected chi connectivity index (χ1v) is 8.20. The second kappa shape index (κ2) is 8.61. The number of aromatic amines is 1. The molecule has 1 amide bonds. The van der Waals surface area contributed by atoms with Crippen LogP contribution in [0.5, 0.6) is 11.5 Å². The molecule has 1 heterocycles. The number of rotatable bonds is 7. The second-order valence-corrected chi connectivity index (χ2v) is 5.56. The average molecular weight is 365 g/mol. The molecule has 8 heteroatoms. The third-order valence-corrected chi connectivity index (χ3v) is 3.70. The third-order valence-electron chi connectivity index (χ3n) is 3.70. The standard InChI is InChI=1S/C19H19N5O3/c1-26-15-9-8-13(10-16(15)27-2)12-20-23-18(25)11-17-21-19(24-22-17)14-6-4-3-5-7-14/h3-10,12H,11H2,1-2H3,(H,23,25)(H,21,22,24). The Balaban J connectivity index is 1.57. The van der Waals surface area contributed by atoms with Gasteiger partial charge in [-0.2, -0.15) is 10.2 Å². The fourth-order valence-corrected chi connectivity index (χ4v) is 2.39. The van der Waals surface area contributed by atoms with E-state index in [0.29, 0.717) is 23.1 Å². The van der Waals surface area contributed by atoms with E-state index in [0.717, 1.165) is 11.1 Å². The number of aromatic nitrogens is 3. The minimum atomic E-state index is -0.303. The molecule has 2 N–H and O–H groups in total. The van der Waals surface area contributed by atoms with E-state index in [9.17, 15) is 4.79 Å². The van der Waals surface area contributed by atoms with Gasteiger partial charge in [0.05, 0.1) is 26.9 Å². The molecule has 0 fully saturated rings. The molecule has 0 bridgehead atoms. The quantitative estimate of drug-likeness (QED) is 0.494. The van der Waals surface area contributed by atoms with Crippen LogP contribution in [0.4, 0.5) is 0 Å². The van der Waals surface area contributed by atoms with Crippen molar-refractivity contribution in [2.45, 2.75) is 6.42 Å². The van der Waals surface area contributed by atoms with Gasteiger partial charge in [0.25, 0.3) is 0 Å². The molecule has 2 aromatic carbocycles. The van der Waals surface area contributed by atoms with Crippen molar-refractivity contribution in [1.29, 1.82) is 0 Å². The van der Waals surface area contributed by atoms with Crippen molar-refractivity contribution < 1.29 is 14.3 Å². The maximum Gasteiger partial charge on any atom is 0.247 e. The Hall–Kier alpha value is -3.68. The molecule has 0 aliphatic rings. The Morgan fingerprint density at radius 1 is 1.15 bits per heavy atom. The molecule has 0 unspecified atom stereocenters. The highest BCUT2D eigenvalue weighted by molar-refractivity contribution is 5.83. The first kappa shape index (κ1) is 18.1. The summed E-state index contributed by atoms with van der Waals surface area (Å²) in [5.41, 5.74) is 4.11. The summed E-state index contributed by atoms with van der Waals surface area (Å²) in [6.07, 6.45) is 1.57. The van der Waals surface area contributed by atoms with Crippen molar-refractivity contribution in [3.05, 3.63) is 59.9 Å². The van der Waals surface area contributed by atoms with Crippen molar-refractivity contribution in [3.63, 3.8) is 0 Å². The number of benzene rings is 2. The monoisotopic (exact) mass is 365 g/mol. The number of amides is 1. The molecule has 138 valence electrons. The second-order valence-electron chi connectivity index (χ2n) is 5.56. The summed E-state index contributed by atoms with van der Waals surface area (Å²) < 4.78 is 10.4. The fourth-order valence-electron chi connectivity index (χ4n) is 2.39. The first-order valence-electron chi connectivity index (χ1n) is 8.20. The van der Waals surface area contributed by atoms with Crippen molar-refractivity contribution >= 4 is 12.1 Å². The van der Waals surface area contributed by atoms with Crippen molar-refractivity contribution in [2.24, 2.45) is 5.10 Å². The summed E-state index contributed by atoms with van der Waals surface area (Å²) in [5.74, 6) is 1.92. The van der Waals surface area contributed by atoms with E-state index in [1.807, 2.05) is 30.3 Å². The molecule has 1 aromatic heterocycles. The molecule has 27 heavy (non-hydrogen) atoms. The summed E-state index contributed by atoms with van der Waals surface area (Å²) in [6.45, 7) is 0. The number of nitrogens with one attached hydrogen (secondary N) is 2. The van der Waals surface area contributed by atoms with Crippen molar-refractivity contribution in [2.75, 3.05) is 14.2 Å². The molecule has 0 aliphatic heterocycles. The van der Waals surface area contributed by atoms with E-state index < -0.39 is 0 Å². The number of hydrogen-bond donors (Lipinski definition) is 2. The van der Waals surface area contributed by atoms with Gasteiger partial charge in [-0.3, -0.25) is 9.89 Å². The van der Waals surface area contributed by atoms with E-state index >= 15 is 0 Å². The lowest BCUT2D eigenvalue weighted by Gasteiger charge is -2.07. The van der Waals surface area contributed by atoms with Crippen LogP contribution in [0.1, 0.15) is 11.4 Å². The van der Waals surface area contributed by atoms with E-state index in [4.69, 9.17) is 9.47 Å². The maximum atomic E-state index is 12.0. The maximum absolute atomic E-state index is 12.0. The van der Waals surface area contributed by atoms with Crippen LogP contribution in [0.3, 0.4) is 0 Å². The molecule has 0 spiro atoms. The number of hydrazone groups is 1. The number of methoxy groups -OCH3 is 2. The van der Waals surface area contributed by atoms with Gasteiger partial charge in [-0.15, -0.1) is 0 Å². The normalized spacial score (nSPS) is 10.7. The predicted octanol–water partition coefficient (Wildman–Crippen LogP) is 2.18. The van der Waals surface area contributed by atoms with Gasteiger partial charge in [-0.1, -0.05) is 30.3 Å². The van der Waals surface area contributed by atoms with Gasteiger partial charge in [-0.25, -0.2) is 10.4 Å². The highest BCUT2D eigenvalue weighted by Gasteiger charge is 2.09. The lowest BCUT2D eigenvalue weighted by atomic mass is 10.2. The van der Waals surface area contributed by atoms with Crippen molar-refractivity contribution in [1.82, 2.24) is 20.6 Å². The van der Waals surface area contributed by atoms with Crippen LogP contribution in [0.15, 0.2) is 53.6 Å². The number of ether oxygens (including phenoxy) is 2. The average Bonchev–Trinajstić information content (AvgIpc) is 3.17. The van der Waals surface area contributed by atoms with Crippen LogP contribution >= 0.6 is 0 Å². The summed E-state index contributed by atoms with van der Waals surface area (Å²) in [5, 5.41) is 10.8. The molecule has 8 nitrogen and oxygen atoms in total. The van der Waals surface area contributed by atoms with Gasteiger partial charge in [0.2, 0.25) is 5.91 Å². The molecular weight excluding hydrogens is 346 g/mol. The van der Waals surface area contributed by atoms with E-state index in [1.54, 1.807) is 32.4 Å². The Kier molecular flexibility index (Phi) is 5.78. The van der Waals surface area contributed by atoms with Crippen molar-refractivity contribution in [3.8, 4) is 22.9 Å². The molecule has 0 saturated heterocycles. The van der Waals surface area contributed by atoms with Crippen LogP contribution < -0.4 is 14.9 Å². The van der Waals surface area contributed by atoms with E-state index in [-0.39, 0.29) is 12.3 Å². The smallest absolute Gasteiger partial charge is 0.247 e. The molecule has 0 radical (unpaired) electrons. The largest absolute Gasteiger partial charge is 0.493 e. The highest BCUT2D eigenvalue weighted by atomic mass is 16.5. The lowest BCUT2D eigenvalue weighted by molar-refractivity contribution is -0.120. The minimum absolute atomic E-state index is 0.0447. The third kappa shape index (κ3) is 4.69. The van der Waals surface area contributed by atoms with E-state index in [2.05, 4.69) is 25.7 Å². The molecule has 3 aromatic rings. The Labute approximate surface area is 156 Å². The zero-order chi connectivity index (χ0) is 19.1. The summed E-state index contributed by atoms with van der Waals surface area (Å²) in [6, 6.07) is 14.9. The molecule has 0 saturated carbocycles. The van der Waals surface area contributed by atoms with Crippen LogP contribution in [-0.4, -0.2) is 41.5 Å². The first-order chi connectivity index (χ1) is 13.2. The van der Waals surface area contributed by atoms with Gasteiger partial charge < -0.3 is 9.47 Å². The SMILES string of the molecule is COc1ccc(C=NNC(=O)Cc2nc(-c3ccccc3)n[nH]2)cc1OC. The topological polar surface area (TPSA) is 101 Å². The minimum Gasteiger partial charge on any atom is -0.493 e. The number of nitrogens with zero attached hydrogens (tertiary/aromatic N) is 3.